The monoisotopic (exact) mass is 499 g/mol. The Balaban J connectivity index is 2.43. The van der Waals surface area contributed by atoms with Crippen LogP contribution >= 0.6 is 11.6 Å². The predicted octanol–water partition coefficient (Wildman–Crippen LogP) is 3.08. The zero-order chi connectivity index (χ0) is 25.3. The molecule has 1 unspecified atom stereocenters. The van der Waals surface area contributed by atoms with Gasteiger partial charge in [0.1, 0.15) is 23.2 Å². The van der Waals surface area contributed by atoms with Crippen molar-refractivity contribution in [3.05, 3.63) is 34.3 Å². The Morgan fingerprint density at radius 1 is 1.06 bits per heavy atom. The number of carbonyl (C=O) groups excluding carboxylic acids is 2. The van der Waals surface area contributed by atoms with Crippen molar-refractivity contribution >= 4 is 29.7 Å². The number of methoxy groups -OCH3 is 3. The highest BCUT2D eigenvalue weighted by molar-refractivity contribution is 6.32. The Kier molecular flexibility index (Phi) is 10.0. The fourth-order valence-corrected chi connectivity index (χ4v) is 3.22. The van der Waals surface area contributed by atoms with Crippen LogP contribution in [-0.2, 0) is 25.4 Å². The lowest BCUT2D eigenvalue weighted by atomic mass is 10.0. The van der Waals surface area contributed by atoms with Crippen molar-refractivity contribution in [2.75, 3.05) is 40.2 Å². The standard InChI is InChI=1S/C22H26ClNO10/c1-12(34-22(28)13-6-15(23)18(27)8-17(13)26)5-14-20(33-11-30-3)16(24-9-25)7-19(21(14)31-4)32-10-29-2/h6-9,12,26-27H,5,10-11H2,1-4H3,(H,24,25). The number of hydrogen-bond acceptors (Lipinski definition) is 10. The zero-order valence-electron chi connectivity index (χ0n) is 19.0. The van der Waals surface area contributed by atoms with Crippen LogP contribution in [0.2, 0.25) is 5.02 Å². The molecule has 0 radical (unpaired) electrons. The highest BCUT2D eigenvalue weighted by Gasteiger charge is 2.26. The van der Waals surface area contributed by atoms with Gasteiger partial charge in [-0.05, 0) is 13.0 Å². The number of aromatic hydroxyl groups is 2. The third-order valence-corrected chi connectivity index (χ3v) is 4.75. The first-order valence-electron chi connectivity index (χ1n) is 9.87. The van der Waals surface area contributed by atoms with Gasteiger partial charge in [0.15, 0.2) is 30.8 Å². The van der Waals surface area contributed by atoms with Crippen molar-refractivity contribution in [2.24, 2.45) is 0 Å². The van der Waals surface area contributed by atoms with E-state index in [0.717, 1.165) is 12.1 Å². The van der Waals surface area contributed by atoms with Crippen LogP contribution in [0.4, 0.5) is 5.69 Å². The number of carbonyl (C=O) groups is 2. The molecule has 0 aliphatic carbocycles. The van der Waals surface area contributed by atoms with E-state index in [1.165, 1.54) is 27.4 Å². The smallest absolute Gasteiger partial charge is 0.342 e. The van der Waals surface area contributed by atoms with Gasteiger partial charge in [0.05, 0.1) is 17.8 Å². The second-order valence-corrected chi connectivity index (χ2v) is 7.28. The fraction of sp³-hybridized carbons (Fsp3) is 0.364. The predicted molar refractivity (Wildman–Crippen MR) is 121 cm³/mol. The summed E-state index contributed by atoms with van der Waals surface area (Å²) in [5.41, 5.74) is 0.444. The van der Waals surface area contributed by atoms with Gasteiger partial charge in [-0.2, -0.15) is 0 Å². The van der Waals surface area contributed by atoms with Crippen molar-refractivity contribution in [1.82, 2.24) is 0 Å². The van der Waals surface area contributed by atoms with Crippen molar-refractivity contribution in [3.63, 3.8) is 0 Å². The van der Waals surface area contributed by atoms with Gasteiger partial charge in [-0.3, -0.25) is 4.79 Å². The van der Waals surface area contributed by atoms with E-state index >= 15 is 0 Å². The van der Waals surface area contributed by atoms with Crippen LogP contribution in [0.5, 0.6) is 28.7 Å². The summed E-state index contributed by atoms with van der Waals surface area (Å²) in [6, 6.07) is 3.53. The molecule has 0 saturated carbocycles. The molecule has 1 amide bonds. The number of esters is 1. The normalized spacial score (nSPS) is 11.4. The number of benzene rings is 2. The quantitative estimate of drug-likeness (QED) is 0.214. The molecule has 3 N–H and O–H groups in total. The molecule has 0 fully saturated rings. The summed E-state index contributed by atoms with van der Waals surface area (Å²) in [7, 11) is 4.29. The topological polar surface area (TPSA) is 142 Å². The molecule has 0 aliphatic heterocycles. The second kappa shape index (κ2) is 12.7. The van der Waals surface area contributed by atoms with E-state index < -0.39 is 17.8 Å². The van der Waals surface area contributed by atoms with Gasteiger partial charge in [0.25, 0.3) is 0 Å². The molecule has 11 nitrogen and oxygen atoms in total. The minimum absolute atomic E-state index is 0.0538. The number of halogens is 1. The minimum Gasteiger partial charge on any atom is -0.507 e. The van der Waals surface area contributed by atoms with E-state index in [1.807, 2.05) is 0 Å². The van der Waals surface area contributed by atoms with Crippen LogP contribution in [0.25, 0.3) is 0 Å². The number of hydrogen-bond donors (Lipinski definition) is 3. The summed E-state index contributed by atoms with van der Waals surface area (Å²) in [5, 5.41) is 22.0. The molecule has 0 heterocycles. The molecule has 0 aliphatic rings. The van der Waals surface area contributed by atoms with Crippen LogP contribution in [0.15, 0.2) is 18.2 Å². The van der Waals surface area contributed by atoms with E-state index in [9.17, 15) is 19.8 Å². The fourth-order valence-electron chi connectivity index (χ4n) is 3.06. The van der Waals surface area contributed by atoms with Crippen LogP contribution in [0.1, 0.15) is 22.8 Å². The number of phenolic OH excluding ortho intramolecular Hbond substituents is 2. The van der Waals surface area contributed by atoms with E-state index in [0.29, 0.717) is 12.0 Å². The number of nitrogens with one attached hydrogen (secondary N) is 1. The van der Waals surface area contributed by atoms with Crippen molar-refractivity contribution < 1.29 is 48.2 Å². The average Bonchev–Trinajstić information content (AvgIpc) is 2.79. The average molecular weight is 500 g/mol. The van der Waals surface area contributed by atoms with Gasteiger partial charge >= 0.3 is 5.97 Å². The summed E-state index contributed by atoms with van der Waals surface area (Å²) in [6.45, 7) is 1.36. The highest BCUT2D eigenvalue weighted by atomic mass is 35.5. The lowest BCUT2D eigenvalue weighted by molar-refractivity contribution is -0.105. The van der Waals surface area contributed by atoms with Crippen molar-refractivity contribution in [3.8, 4) is 28.7 Å². The molecule has 2 rings (SSSR count). The first-order chi connectivity index (χ1) is 16.3. The Labute approximate surface area is 201 Å². The second-order valence-electron chi connectivity index (χ2n) is 6.87. The van der Waals surface area contributed by atoms with Crippen LogP contribution < -0.4 is 19.5 Å². The molecule has 0 aromatic heterocycles. The molecule has 12 heteroatoms. The van der Waals surface area contributed by atoms with Crippen LogP contribution in [-0.4, -0.2) is 63.6 Å². The molecule has 0 saturated heterocycles. The molecule has 186 valence electrons. The Hall–Kier alpha value is -3.41. The summed E-state index contributed by atoms with van der Waals surface area (Å²) in [5.74, 6) is -1.02. The molecule has 2 aromatic rings. The van der Waals surface area contributed by atoms with Gasteiger partial charge in [-0.1, -0.05) is 11.6 Å². The van der Waals surface area contributed by atoms with Gasteiger partial charge < -0.3 is 44.0 Å². The van der Waals surface area contributed by atoms with Crippen molar-refractivity contribution in [2.45, 2.75) is 19.4 Å². The van der Waals surface area contributed by atoms with Crippen LogP contribution in [0.3, 0.4) is 0 Å². The molecule has 1 atom stereocenters. The number of rotatable bonds is 13. The number of phenols is 2. The van der Waals surface area contributed by atoms with Crippen molar-refractivity contribution in [1.29, 1.82) is 0 Å². The number of anilines is 1. The third-order valence-electron chi connectivity index (χ3n) is 4.45. The Bertz CT molecular complexity index is 1010. The van der Waals surface area contributed by atoms with Gasteiger partial charge in [0, 0.05) is 38.3 Å². The molecular weight excluding hydrogens is 474 g/mol. The Morgan fingerprint density at radius 2 is 1.74 bits per heavy atom. The largest absolute Gasteiger partial charge is 0.507 e. The van der Waals surface area contributed by atoms with E-state index in [2.05, 4.69) is 5.32 Å². The number of amides is 1. The van der Waals surface area contributed by atoms with E-state index in [1.54, 1.807) is 6.92 Å². The summed E-state index contributed by atoms with van der Waals surface area (Å²) < 4.78 is 32.2. The van der Waals surface area contributed by atoms with Gasteiger partial charge in [-0.25, -0.2) is 4.79 Å². The summed E-state index contributed by atoms with van der Waals surface area (Å²) in [6.07, 6.45) is -0.259. The highest BCUT2D eigenvalue weighted by Crippen LogP contribution is 2.44. The van der Waals surface area contributed by atoms with Gasteiger partial charge in [-0.15, -0.1) is 0 Å². The molecule has 0 bridgehead atoms. The first kappa shape index (κ1) is 26.8. The third kappa shape index (κ3) is 6.56. The van der Waals surface area contributed by atoms with E-state index in [-0.39, 0.29) is 59.3 Å². The summed E-state index contributed by atoms with van der Waals surface area (Å²) in [4.78, 5) is 23.8. The lowest BCUT2D eigenvalue weighted by Crippen LogP contribution is -2.19. The maximum Gasteiger partial charge on any atom is 0.342 e. The van der Waals surface area contributed by atoms with Crippen LogP contribution in [0, 0.1) is 0 Å². The SMILES string of the molecule is COCOc1cc(NC=O)c(OCOC)c(CC(C)OC(=O)c2cc(Cl)c(O)cc2O)c1OC. The van der Waals surface area contributed by atoms with E-state index in [4.69, 9.17) is 40.0 Å². The molecule has 2 aromatic carbocycles. The first-order valence-corrected chi connectivity index (χ1v) is 10.2. The summed E-state index contributed by atoms with van der Waals surface area (Å²) >= 11 is 5.84. The molecule has 34 heavy (non-hydrogen) atoms. The number of ether oxygens (including phenoxy) is 6. The zero-order valence-corrected chi connectivity index (χ0v) is 19.8. The maximum atomic E-state index is 12.6. The molecule has 0 spiro atoms. The Morgan fingerprint density at radius 3 is 2.35 bits per heavy atom. The molecular formula is C22H26ClNO10. The minimum atomic E-state index is -0.872. The lowest BCUT2D eigenvalue weighted by Gasteiger charge is -2.23. The van der Waals surface area contributed by atoms with Gasteiger partial charge in [0.2, 0.25) is 6.41 Å². The maximum absolute atomic E-state index is 12.6.